The van der Waals surface area contributed by atoms with Gasteiger partial charge in [-0.05, 0) is 44.2 Å². The fourth-order valence-electron chi connectivity index (χ4n) is 3.98. The predicted octanol–water partition coefficient (Wildman–Crippen LogP) is 3.42. The number of carbonyl (C=O) groups excluding carboxylic acids is 2. The first kappa shape index (κ1) is 21.9. The largest absolute Gasteiger partial charge is 0.490 e. The molecule has 10 nitrogen and oxygen atoms in total. The van der Waals surface area contributed by atoms with Gasteiger partial charge >= 0.3 is 0 Å². The van der Waals surface area contributed by atoms with Gasteiger partial charge in [-0.1, -0.05) is 0 Å². The van der Waals surface area contributed by atoms with Crippen molar-refractivity contribution in [1.29, 1.82) is 0 Å². The number of rotatable bonds is 7. The van der Waals surface area contributed by atoms with Gasteiger partial charge in [-0.15, -0.1) is 0 Å². The van der Waals surface area contributed by atoms with Crippen molar-refractivity contribution in [3.8, 4) is 17.4 Å². The Morgan fingerprint density at radius 1 is 1.03 bits per heavy atom. The van der Waals surface area contributed by atoms with Crippen LogP contribution in [-0.4, -0.2) is 55.7 Å². The number of aryl methyl sites for hydroxylation is 1. The van der Waals surface area contributed by atoms with Crippen LogP contribution >= 0.6 is 0 Å². The minimum atomic E-state index is -0.331. The van der Waals surface area contributed by atoms with Crippen molar-refractivity contribution >= 4 is 17.6 Å². The zero-order chi connectivity index (χ0) is 23.5. The Morgan fingerprint density at radius 3 is 2.47 bits per heavy atom. The molecule has 0 atom stereocenters. The van der Waals surface area contributed by atoms with E-state index in [0.29, 0.717) is 22.9 Å². The third-order valence-corrected chi connectivity index (χ3v) is 5.92. The van der Waals surface area contributed by atoms with Crippen LogP contribution < -0.4 is 14.8 Å². The highest BCUT2D eigenvalue weighted by atomic mass is 16.5. The summed E-state index contributed by atoms with van der Waals surface area (Å²) in [7, 11) is 1.78. The minimum Gasteiger partial charge on any atom is -0.490 e. The maximum atomic E-state index is 12.9. The van der Waals surface area contributed by atoms with Gasteiger partial charge in [0.1, 0.15) is 17.2 Å². The fourth-order valence-corrected chi connectivity index (χ4v) is 3.98. The highest BCUT2D eigenvalue weighted by molar-refractivity contribution is 6.04. The zero-order valence-electron chi connectivity index (χ0n) is 18.9. The first-order valence-corrected chi connectivity index (χ1v) is 11.5. The fraction of sp³-hybridized carbons (Fsp3) is 0.375. The van der Waals surface area contributed by atoms with E-state index in [1.54, 1.807) is 47.1 Å². The van der Waals surface area contributed by atoms with Crippen LogP contribution in [0.25, 0.3) is 0 Å². The summed E-state index contributed by atoms with van der Waals surface area (Å²) in [5, 5.41) is 6.97. The first-order valence-electron chi connectivity index (χ1n) is 11.5. The third kappa shape index (κ3) is 5.00. The number of ether oxygens (including phenoxy) is 2. The Morgan fingerprint density at radius 2 is 1.82 bits per heavy atom. The number of hydrogen-bond acceptors (Lipinski definition) is 7. The Kier molecular flexibility index (Phi) is 6.11. The maximum absolute atomic E-state index is 12.9. The minimum absolute atomic E-state index is 0.119. The summed E-state index contributed by atoms with van der Waals surface area (Å²) in [6, 6.07) is 6.76. The molecule has 2 fully saturated rings. The second kappa shape index (κ2) is 9.50. The van der Waals surface area contributed by atoms with Crippen molar-refractivity contribution in [2.75, 3.05) is 18.4 Å². The lowest BCUT2D eigenvalue weighted by molar-refractivity contribution is 0.0645. The summed E-state index contributed by atoms with van der Waals surface area (Å²) < 4.78 is 13.6. The van der Waals surface area contributed by atoms with Gasteiger partial charge < -0.3 is 19.7 Å². The average Bonchev–Trinajstić information content (AvgIpc) is 3.44. The van der Waals surface area contributed by atoms with Crippen LogP contribution in [0, 0.1) is 0 Å². The van der Waals surface area contributed by atoms with E-state index in [9.17, 15) is 9.59 Å². The lowest BCUT2D eigenvalue weighted by atomic mass is 10.2. The van der Waals surface area contributed by atoms with E-state index in [-0.39, 0.29) is 29.5 Å². The molecule has 1 aromatic carbocycles. The van der Waals surface area contributed by atoms with Crippen LogP contribution in [0.4, 0.5) is 5.82 Å². The molecule has 5 rings (SSSR count). The molecule has 34 heavy (non-hydrogen) atoms. The van der Waals surface area contributed by atoms with Gasteiger partial charge in [0.15, 0.2) is 5.82 Å². The number of benzene rings is 1. The summed E-state index contributed by atoms with van der Waals surface area (Å²) >= 11 is 0. The Hall–Kier alpha value is -3.95. The molecule has 3 aromatic rings. The number of hydrogen-bond donors (Lipinski definition) is 1. The first-order chi connectivity index (χ1) is 16.5. The summed E-state index contributed by atoms with van der Waals surface area (Å²) in [5.74, 6) is 1.14. The van der Waals surface area contributed by atoms with E-state index < -0.39 is 0 Å². The molecule has 3 heterocycles. The zero-order valence-corrected chi connectivity index (χ0v) is 18.9. The van der Waals surface area contributed by atoms with Crippen LogP contribution in [0.5, 0.6) is 17.4 Å². The van der Waals surface area contributed by atoms with Crippen LogP contribution in [0.15, 0.2) is 42.9 Å². The van der Waals surface area contributed by atoms with Gasteiger partial charge in [-0.25, -0.2) is 9.97 Å². The van der Waals surface area contributed by atoms with Gasteiger partial charge in [-0.2, -0.15) is 5.10 Å². The van der Waals surface area contributed by atoms with Crippen molar-refractivity contribution in [3.05, 3.63) is 54.1 Å². The maximum Gasteiger partial charge on any atom is 0.274 e. The molecule has 1 aliphatic heterocycles. The van der Waals surface area contributed by atoms with E-state index in [0.717, 1.165) is 45.2 Å². The van der Waals surface area contributed by atoms with E-state index in [4.69, 9.17) is 9.47 Å². The quantitative estimate of drug-likeness (QED) is 0.573. The molecule has 10 heteroatoms. The molecule has 1 saturated heterocycles. The van der Waals surface area contributed by atoms with Crippen LogP contribution in [0.2, 0.25) is 0 Å². The van der Waals surface area contributed by atoms with Gasteiger partial charge in [0.2, 0.25) is 5.88 Å². The third-order valence-electron chi connectivity index (χ3n) is 5.92. The molecule has 0 radical (unpaired) electrons. The number of likely N-dealkylation sites (tertiary alicyclic amines) is 1. The molecule has 2 aromatic heterocycles. The Balaban J connectivity index is 1.35. The second-order valence-corrected chi connectivity index (χ2v) is 8.53. The van der Waals surface area contributed by atoms with Crippen LogP contribution in [0.3, 0.4) is 0 Å². The lowest BCUT2D eigenvalue weighted by Crippen LogP contribution is -2.42. The molecule has 176 valence electrons. The van der Waals surface area contributed by atoms with Crippen LogP contribution in [-0.2, 0) is 7.05 Å². The van der Waals surface area contributed by atoms with Gasteiger partial charge in [0, 0.05) is 44.0 Å². The van der Waals surface area contributed by atoms with Crippen molar-refractivity contribution in [2.45, 2.75) is 38.2 Å². The van der Waals surface area contributed by atoms with Crippen molar-refractivity contribution in [2.24, 2.45) is 7.05 Å². The van der Waals surface area contributed by atoms with Crippen LogP contribution in [0.1, 0.15) is 53.0 Å². The van der Waals surface area contributed by atoms with Crippen molar-refractivity contribution in [1.82, 2.24) is 24.6 Å². The topological polar surface area (TPSA) is 111 Å². The summed E-state index contributed by atoms with van der Waals surface area (Å²) in [6.45, 7) is 1.49. The monoisotopic (exact) mass is 462 g/mol. The Labute approximate surface area is 196 Å². The molecule has 1 aliphatic carbocycles. The van der Waals surface area contributed by atoms with E-state index in [1.165, 1.54) is 12.4 Å². The predicted molar refractivity (Wildman–Crippen MR) is 123 cm³/mol. The van der Waals surface area contributed by atoms with Crippen molar-refractivity contribution < 1.29 is 19.1 Å². The van der Waals surface area contributed by atoms with E-state index >= 15 is 0 Å². The second-order valence-electron chi connectivity index (χ2n) is 8.53. The Bertz CT molecular complexity index is 1180. The highest BCUT2D eigenvalue weighted by Crippen LogP contribution is 2.30. The standard InChI is InChI=1S/C24H26N6O4/c1-29-10-7-21(28-29)27-23(31)16-11-18(33-17-5-2-3-6-17)13-19(12-16)34-22-15-25-20(14-26-22)24(32)30-8-4-9-30/h7,10-15,17H,2-6,8-9H2,1H3,(H,27,28,31). The van der Waals surface area contributed by atoms with E-state index in [1.807, 2.05) is 0 Å². The number of amides is 2. The smallest absolute Gasteiger partial charge is 0.274 e. The molecule has 2 amide bonds. The van der Waals surface area contributed by atoms with Gasteiger partial charge in [-0.3, -0.25) is 14.3 Å². The lowest BCUT2D eigenvalue weighted by Gasteiger charge is -2.30. The molecular formula is C24H26N6O4. The van der Waals surface area contributed by atoms with E-state index in [2.05, 4.69) is 20.4 Å². The molecule has 0 unspecified atom stereocenters. The number of nitrogens with one attached hydrogen (secondary N) is 1. The average molecular weight is 463 g/mol. The molecular weight excluding hydrogens is 436 g/mol. The number of anilines is 1. The van der Waals surface area contributed by atoms with Gasteiger partial charge in [0.25, 0.3) is 11.8 Å². The molecule has 0 spiro atoms. The number of aromatic nitrogens is 4. The molecule has 2 aliphatic rings. The summed E-state index contributed by atoms with van der Waals surface area (Å²) in [5.41, 5.74) is 0.648. The van der Waals surface area contributed by atoms with Gasteiger partial charge in [0.05, 0.1) is 18.5 Å². The molecule has 1 N–H and O–H groups in total. The molecule has 1 saturated carbocycles. The summed E-state index contributed by atoms with van der Waals surface area (Å²) in [6.07, 6.45) is 9.92. The highest BCUT2D eigenvalue weighted by Gasteiger charge is 2.23. The normalized spacial score (nSPS) is 15.6. The number of carbonyl (C=O) groups is 2. The SMILES string of the molecule is Cn1ccc(NC(=O)c2cc(Oc3cnc(C(=O)N4CCC4)cn3)cc(OC3CCCC3)c2)n1. The van der Waals surface area contributed by atoms with Crippen molar-refractivity contribution in [3.63, 3.8) is 0 Å². The molecule has 0 bridgehead atoms. The summed E-state index contributed by atoms with van der Waals surface area (Å²) in [4.78, 5) is 35.3. The number of nitrogens with zero attached hydrogens (tertiary/aromatic N) is 5.